The van der Waals surface area contributed by atoms with Crippen LogP contribution in [0.1, 0.15) is 11.1 Å². The topological polar surface area (TPSA) is 53.4 Å². The average Bonchev–Trinajstić information content (AvgIpc) is 2.25. The highest BCUT2D eigenvalue weighted by molar-refractivity contribution is 5.41. The summed E-state index contributed by atoms with van der Waals surface area (Å²) >= 11 is 0. The van der Waals surface area contributed by atoms with Gasteiger partial charge in [0.15, 0.2) is 11.5 Å². The maximum Gasteiger partial charge on any atom is 0.157 e. The number of hydrogen-bond donors (Lipinski definition) is 2. The van der Waals surface area contributed by atoms with E-state index in [-0.39, 0.29) is 11.5 Å². The van der Waals surface area contributed by atoms with Gasteiger partial charge < -0.3 is 10.2 Å². The van der Waals surface area contributed by atoms with Crippen molar-refractivity contribution >= 4 is 0 Å². The van der Waals surface area contributed by atoms with E-state index in [4.69, 9.17) is 5.11 Å². The fourth-order valence-electron chi connectivity index (χ4n) is 1.42. The molecule has 0 aliphatic carbocycles. The molecule has 2 aromatic rings. The number of benzene rings is 1. The van der Waals surface area contributed by atoms with Gasteiger partial charge in [0.05, 0.1) is 0 Å². The molecule has 0 fully saturated rings. The van der Waals surface area contributed by atoms with Crippen LogP contribution in [0.3, 0.4) is 0 Å². The summed E-state index contributed by atoms with van der Waals surface area (Å²) < 4.78 is 0. The molecule has 0 saturated heterocycles. The first-order valence-electron chi connectivity index (χ1n) is 4.65. The molecule has 1 aromatic heterocycles. The van der Waals surface area contributed by atoms with E-state index >= 15 is 0 Å². The Bertz CT molecular complexity index is 454. The standard InChI is InChI=1S/C12H11NO2/c14-11-4-3-9(7-12(11)15)6-10-2-1-5-13-8-10/h1-5,7-8,14-15H,6H2. The van der Waals surface area contributed by atoms with Gasteiger partial charge >= 0.3 is 0 Å². The highest BCUT2D eigenvalue weighted by atomic mass is 16.3. The van der Waals surface area contributed by atoms with E-state index < -0.39 is 0 Å². The minimum atomic E-state index is -0.0927. The van der Waals surface area contributed by atoms with Gasteiger partial charge in [-0.05, 0) is 35.7 Å². The monoisotopic (exact) mass is 201 g/mol. The Morgan fingerprint density at radius 2 is 1.87 bits per heavy atom. The first-order valence-corrected chi connectivity index (χ1v) is 4.65. The average molecular weight is 201 g/mol. The van der Waals surface area contributed by atoms with E-state index in [2.05, 4.69) is 4.98 Å². The largest absolute Gasteiger partial charge is 0.504 e. The maximum atomic E-state index is 9.31. The van der Waals surface area contributed by atoms with E-state index in [1.165, 1.54) is 6.07 Å². The summed E-state index contributed by atoms with van der Waals surface area (Å²) in [6, 6.07) is 8.66. The molecule has 0 atom stereocenters. The second-order valence-corrected chi connectivity index (χ2v) is 3.36. The van der Waals surface area contributed by atoms with Crippen molar-refractivity contribution in [3.8, 4) is 11.5 Å². The van der Waals surface area contributed by atoms with E-state index in [9.17, 15) is 5.11 Å². The van der Waals surface area contributed by atoms with Crippen molar-refractivity contribution in [3.63, 3.8) is 0 Å². The van der Waals surface area contributed by atoms with Gasteiger partial charge in [-0.2, -0.15) is 0 Å². The second kappa shape index (κ2) is 4.00. The molecule has 0 unspecified atom stereocenters. The summed E-state index contributed by atoms with van der Waals surface area (Å²) in [5.41, 5.74) is 2.01. The van der Waals surface area contributed by atoms with Gasteiger partial charge in [-0.15, -0.1) is 0 Å². The molecule has 0 amide bonds. The van der Waals surface area contributed by atoms with Crippen molar-refractivity contribution in [1.29, 1.82) is 0 Å². The zero-order valence-corrected chi connectivity index (χ0v) is 8.09. The lowest BCUT2D eigenvalue weighted by atomic mass is 10.1. The number of phenols is 2. The molecular formula is C12H11NO2. The molecule has 0 radical (unpaired) electrons. The lowest BCUT2D eigenvalue weighted by Gasteiger charge is -2.03. The predicted octanol–water partition coefficient (Wildman–Crippen LogP) is 2.08. The molecule has 1 heterocycles. The molecule has 3 heteroatoms. The maximum absolute atomic E-state index is 9.31. The number of phenolic OH excluding ortho intramolecular Hbond substituents is 2. The van der Waals surface area contributed by atoms with Crippen LogP contribution < -0.4 is 0 Å². The van der Waals surface area contributed by atoms with Crippen molar-refractivity contribution in [1.82, 2.24) is 4.98 Å². The third-order valence-electron chi connectivity index (χ3n) is 2.17. The zero-order valence-electron chi connectivity index (χ0n) is 8.09. The number of rotatable bonds is 2. The Labute approximate surface area is 87.7 Å². The minimum Gasteiger partial charge on any atom is -0.504 e. The summed E-state index contributed by atoms with van der Waals surface area (Å²) in [6.07, 6.45) is 4.20. The molecule has 2 rings (SSSR count). The second-order valence-electron chi connectivity index (χ2n) is 3.36. The first kappa shape index (κ1) is 9.52. The van der Waals surface area contributed by atoms with E-state index in [0.717, 1.165) is 11.1 Å². The molecule has 76 valence electrons. The van der Waals surface area contributed by atoms with Crippen LogP contribution in [0.4, 0.5) is 0 Å². The SMILES string of the molecule is Oc1ccc(Cc2cccnc2)cc1O. The Morgan fingerprint density at radius 1 is 1.00 bits per heavy atom. The fourth-order valence-corrected chi connectivity index (χ4v) is 1.42. The first-order chi connectivity index (χ1) is 7.25. The Hall–Kier alpha value is -2.03. The lowest BCUT2D eigenvalue weighted by molar-refractivity contribution is 0.403. The van der Waals surface area contributed by atoms with Crippen LogP contribution in [0, 0.1) is 0 Å². The fraction of sp³-hybridized carbons (Fsp3) is 0.0833. The van der Waals surface area contributed by atoms with Gasteiger partial charge in [0, 0.05) is 12.4 Å². The highest BCUT2D eigenvalue weighted by Gasteiger charge is 2.01. The van der Waals surface area contributed by atoms with E-state index in [1.807, 2.05) is 12.1 Å². The lowest BCUT2D eigenvalue weighted by Crippen LogP contribution is -1.88. The van der Waals surface area contributed by atoms with Crippen LogP contribution in [0.25, 0.3) is 0 Å². The molecule has 1 aromatic carbocycles. The number of hydrogen-bond acceptors (Lipinski definition) is 3. The van der Waals surface area contributed by atoms with Crippen LogP contribution in [0.5, 0.6) is 11.5 Å². The Morgan fingerprint density at radius 3 is 2.53 bits per heavy atom. The third-order valence-corrected chi connectivity index (χ3v) is 2.17. The quantitative estimate of drug-likeness (QED) is 0.731. The molecule has 0 spiro atoms. The minimum absolute atomic E-state index is 0.0867. The van der Waals surface area contributed by atoms with Gasteiger partial charge in [-0.25, -0.2) is 0 Å². The normalized spacial score (nSPS) is 10.1. The van der Waals surface area contributed by atoms with Crippen LogP contribution in [0.15, 0.2) is 42.7 Å². The van der Waals surface area contributed by atoms with Crippen molar-refractivity contribution in [3.05, 3.63) is 53.9 Å². The van der Waals surface area contributed by atoms with Crippen LogP contribution in [-0.2, 0) is 6.42 Å². The number of nitrogens with zero attached hydrogens (tertiary/aromatic N) is 1. The van der Waals surface area contributed by atoms with Crippen molar-refractivity contribution in [2.75, 3.05) is 0 Å². The molecule has 0 bridgehead atoms. The molecule has 2 N–H and O–H groups in total. The van der Waals surface area contributed by atoms with Crippen molar-refractivity contribution in [2.24, 2.45) is 0 Å². The van der Waals surface area contributed by atoms with E-state index in [0.29, 0.717) is 6.42 Å². The molecule has 15 heavy (non-hydrogen) atoms. The molecule has 0 saturated carbocycles. The Kier molecular flexibility index (Phi) is 2.54. The van der Waals surface area contributed by atoms with E-state index in [1.54, 1.807) is 24.5 Å². The van der Waals surface area contributed by atoms with Gasteiger partial charge in [0.1, 0.15) is 0 Å². The smallest absolute Gasteiger partial charge is 0.157 e. The van der Waals surface area contributed by atoms with Gasteiger partial charge in [0.2, 0.25) is 0 Å². The van der Waals surface area contributed by atoms with Gasteiger partial charge in [0.25, 0.3) is 0 Å². The number of aromatic nitrogens is 1. The molecule has 3 nitrogen and oxygen atoms in total. The number of pyridine rings is 1. The third kappa shape index (κ3) is 2.26. The molecule has 0 aliphatic heterocycles. The summed E-state index contributed by atoms with van der Waals surface area (Å²) in [5.74, 6) is -0.179. The summed E-state index contributed by atoms with van der Waals surface area (Å²) in [6.45, 7) is 0. The zero-order chi connectivity index (χ0) is 10.7. The summed E-state index contributed by atoms with van der Waals surface area (Å²) in [7, 11) is 0. The summed E-state index contributed by atoms with van der Waals surface area (Å²) in [4.78, 5) is 4.01. The van der Waals surface area contributed by atoms with Crippen LogP contribution in [0.2, 0.25) is 0 Å². The number of aromatic hydroxyl groups is 2. The Balaban J connectivity index is 2.22. The predicted molar refractivity (Wildman–Crippen MR) is 56.8 cm³/mol. The molecular weight excluding hydrogens is 190 g/mol. The van der Waals surface area contributed by atoms with Gasteiger partial charge in [-0.3, -0.25) is 4.98 Å². The van der Waals surface area contributed by atoms with Crippen LogP contribution in [-0.4, -0.2) is 15.2 Å². The highest BCUT2D eigenvalue weighted by Crippen LogP contribution is 2.25. The van der Waals surface area contributed by atoms with Gasteiger partial charge in [-0.1, -0.05) is 12.1 Å². The van der Waals surface area contributed by atoms with Crippen molar-refractivity contribution in [2.45, 2.75) is 6.42 Å². The molecule has 0 aliphatic rings. The summed E-state index contributed by atoms with van der Waals surface area (Å²) in [5, 5.41) is 18.5. The van der Waals surface area contributed by atoms with Crippen molar-refractivity contribution < 1.29 is 10.2 Å². The van der Waals surface area contributed by atoms with Crippen LogP contribution >= 0.6 is 0 Å².